The number of carbonyl (C=O) groups is 1. The zero-order chi connectivity index (χ0) is 16.2. The van der Waals surface area contributed by atoms with E-state index in [0.29, 0.717) is 21.7 Å². The smallest absolute Gasteiger partial charge is 0.267 e. The van der Waals surface area contributed by atoms with E-state index in [2.05, 4.69) is 5.32 Å². The fourth-order valence-electron chi connectivity index (χ4n) is 2.02. The quantitative estimate of drug-likeness (QED) is 0.660. The largest absolute Gasteiger partial charge is 0.497 e. The molecule has 7 heteroatoms. The van der Waals surface area contributed by atoms with Gasteiger partial charge in [-0.1, -0.05) is 24.0 Å². The summed E-state index contributed by atoms with van der Waals surface area (Å²) in [5.41, 5.74) is 0.884. The maximum atomic E-state index is 12.4. The number of furan rings is 1. The number of benzene rings is 1. The molecule has 1 N–H and O–H groups in total. The van der Waals surface area contributed by atoms with Crippen molar-refractivity contribution < 1.29 is 13.9 Å². The number of anilines is 1. The van der Waals surface area contributed by atoms with Crippen LogP contribution < -0.4 is 10.1 Å². The number of amides is 1. The van der Waals surface area contributed by atoms with Crippen LogP contribution in [0.5, 0.6) is 5.75 Å². The summed E-state index contributed by atoms with van der Waals surface area (Å²) in [6, 6.07) is 11.0. The van der Waals surface area contributed by atoms with Crippen molar-refractivity contribution in [3.05, 3.63) is 53.3 Å². The van der Waals surface area contributed by atoms with E-state index in [-0.39, 0.29) is 5.91 Å². The van der Waals surface area contributed by atoms with Gasteiger partial charge in [-0.05, 0) is 36.4 Å². The van der Waals surface area contributed by atoms with Gasteiger partial charge in [0.05, 0.1) is 24.9 Å². The molecule has 1 saturated heterocycles. The molecule has 2 heterocycles. The molecule has 0 spiro atoms. The van der Waals surface area contributed by atoms with Crippen LogP contribution in [0.15, 0.2) is 52.0 Å². The summed E-state index contributed by atoms with van der Waals surface area (Å²) < 4.78 is 10.9. The number of ether oxygens (including phenoxy) is 1. The third-order valence-corrected chi connectivity index (χ3v) is 4.60. The summed E-state index contributed by atoms with van der Waals surface area (Å²) in [5.74, 6) is 1.29. The van der Waals surface area contributed by atoms with Crippen molar-refractivity contribution in [2.75, 3.05) is 19.1 Å². The molecule has 1 aromatic carbocycles. The Hall–Kier alpha value is -2.25. The van der Waals surface area contributed by atoms with E-state index in [1.807, 2.05) is 24.3 Å². The minimum absolute atomic E-state index is 0.127. The van der Waals surface area contributed by atoms with E-state index < -0.39 is 0 Å². The molecule has 0 bridgehead atoms. The monoisotopic (exact) mass is 346 g/mol. The maximum absolute atomic E-state index is 12.4. The number of thioether (sulfide) groups is 1. The van der Waals surface area contributed by atoms with Gasteiger partial charge in [-0.25, -0.2) is 0 Å². The standard InChI is InChI=1S/C16H14N2O3S2/c1-20-12-6-4-11(5-7-12)17-10-18-15(19)14(23-16(18)22)9-13-3-2-8-21-13/h2-9,17H,10H2,1H3. The van der Waals surface area contributed by atoms with Crippen molar-refractivity contribution in [1.82, 2.24) is 4.90 Å². The van der Waals surface area contributed by atoms with Crippen LogP contribution in [0.1, 0.15) is 5.76 Å². The van der Waals surface area contributed by atoms with Crippen LogP contribution in [-0.2, 0) is 4.79 Å². The SMILES string of the molecule is COc1ccc(NCN2C(=O)C(=Cc3ccco3)SC2=S)cc1. The fraction of sp³-hybridized carbons (Fsp3) is 0.125. The Labute approximate surface area is 143 Å². The second-order valence-corrected chi connectivity index (χ2v) is 6.36. The molecule has 3 rings (SSSR count). The minimum atomic E-state index is -0.127. The van der Waals surface area contributed by atoms with E-state index >= 15 is 0 Å². The van der Waals surface area contributed by atoms with Crippen LogP contribution >= 0.6 is 24.0 Å². The first-order chi connectivity index (χ1) is 11.2. The molecule has 1 aromatic heterocycles. The average Bonchev–Trinajstić information content (AvgIpc) is 3.16. The van der Waals surface area contributed by atoms with Crippen molar-refractivity contribution >= 4 is 46.0 Å². The highest BCUT2D eigenvalue weighted by Gasteiger charge is 2.31. The fourth-order valence-corrected chi connectivity index (χ4v) is 3.25. The maximum Gasteiger partial charge on any atom is 0.267 e. The van der Waals surface area contributed by atoms with Crippen LogP contribution in [0.2, 0.25) is 0 Å². The van der Waals surface area contributed by atoms with Crippen LogP contribution in [-0.4, -0.2) is 28.9 Å². The molecule has 0 atom stereocenters. The van der Waals surface area contributed by atoms with Gasteiger partial charge in [-0.15, -0.1) is 0 Å². The summed E-state index contributed by atoms with van der Waals surface area (Å²) in [4.78, 5) is 14.5. The average molecular weight is 346 g/mol. The van der Waals surface area contributed by atoms with Gasteiger partial charge in [0, 0.05) is 11.8 Å². The van der Waals surface area contributed by atoms with Crippen molar-refractivity contribution in [3.8, 4) is 5.75 Å². The Morgan fingerprint density at radius 3 is 2.78 bits per heavy atom. The van der Waals surface area contributed by atoms with E-state index in [1.54, 1.807) is 31.6 Å². The number of carbonyl (C=O) groups excluding carboxylic acids is 1. The zero-order valence-electron chi connectivity index (χ0n) is 12.3. The minimum Gasteiger partial charge on any atom is -0.497 e. The third kappa shape index (κ3) is 3.57. The number of nitrogens with one attached hydrogen (secondary N) is 1. The van der Waals surface area contributed by atoms with Crippen molar-refractivity contribution in [2.45, 2.75) is 0 Å². The van der Waals surface area contributed by atoms with Crippen LogP contribution in [0.25, 0.3) is 6.08 Å². The van der Waals surface area contributed by atoms with Crippen molar-refractivity contribution in [3.63, 3.8) is 0 Å². The predicted octanol–water partition coefficient (Wildman–Crippen LogP) is 3.56. The van der Waals surface area contributed by atoms with Crippen molar-refractivity contribution in [2.24, 2.45) is 0 Å². The first kappa shape index (κ1) is 15.6. The summed E-state index contributed by atoms with van der Waals surface area (Å²) >= 11 is 6.55. The molecule has 23 heavy (non-hydrogen) atoms. The lowest BCUT2D eigenvalue weighted by Gasteiger charge is -2.16. The molecule has 1 aliphatic rings. The predicted molar refractivity (Wildman–Crippen MR) is 95.2 cm³/mol. The Balaban J connectivity index is 1.66. The number of methoxy groups -OCH3 is 1. The highest BCUT2D eigenvalue weighted by atomic mass is 32.2. The topological polar surface area (TPSA) is 54.7 Å². The third-order valence-electron chi connectivity index (χ3n) is 3.22. The van der Waals surface area contributed by atoms with Gasteiger partial charge < -0.3 is 14.5 Å². The lowest BCUT2D eigenvalue weighted by atomic mass is 10.3. The molecule has 1 amide bonds. The number of hydrogen-bond acceptors (Lipinski definition) is 6. The lowest BCUT2D eigenvalue weighted by molar-refractivity contribution is -0.121. The first-order valence-electron chi connectivity index (χ1n) is 6.84. The number of nitrogens with zero attached hydrogens (tertiary/aromatic N) is 1. The van der Waals surface area contributed by atoms with Crippen LogP contribution in [0, 0.1) is 0 Å². The van der Waals surface area contributed by atoms with E-state index in [1.165, 1.54) is 16.7 Å². The molecule has 0 saturated carbocycles. The second kappa shape index (κ2) is 6.89. The van der Waals surface area contributed by atoms with Crippen molar-refractivity contribution in [1.29, 1.82) is 0 Å². The summed E-state index contributed by atoms with van der Waals surface area (Å²) in [6.45, 7) is 0.312. The van der Waals surface area contributed by atoms with Gasteiger partial charge >= 0.3 is 0 Å². The van der Waals surface area contributed by atoms with Gasteiger partial charge in [0.25, 0.3) is 5.91 Å². The Morgan fingerprint density at radius 1 is 1.35 bits per heavy atom. The molecule has 2 aromatic rings. The lowest BCUT2D eigenvalue weighted by Crippen LogP contribution is -2.33. The summed E-state index contributed by atoms with van der Waals surface area (Å²) in [5, 5.41) is 3.18. The molecular weight excluding hydrogens is 332 g/mol. The molecular formula is C16H14N2O3S2. The summed E-state index contributed by atoms with van der Waals surface area (Å²) in [6.07, 6.45) is 3.27. The highest BCUT2D eigenvalue weighted by Crippen LogP contribution is 2.32. The Bertz CT molecular complexity index is 739. The normalized spacial score (nSPS) is 16.2. The van der Waals surface area contributed by atoms with E-state index in [9.17, 15) is 4.79 Å². The van der Waals surface area contributed by atoms with Gasteiger partial charge in [0.1, 0.15) is 15.8 Å². The highest BCUT2D eigenvalue weighted by molar-refractivity contribution is 8.26. The van der Waals surface area contributed by atoms with Gasteiger partial charge in [0.2, 0.25) is 0 Å². The van der Waals surface area contributed by atoms with E-state index in [0.717, 1.165) is 11.4 Å². The molecule has 0 aliphatic carbocycles. The first-order valence-corrected chi connectivity index (χ1v) is 8.06. The van der Waals surface area contributed by atoms with Crippen LogP contribution in [0.3, 0.4) is 0 Å². The molecule has 0 unspecified atom stereocenters. The zero-order valence-corrected chi connectivity index (χ0v) is 13.9. The number of hydrogen-bond donors (Lipinski definition) is 1. The Kier molecular flexibility index (Phi) is 4.68. The Morgan fingerprint density at radius 2 is 2.13 bits per heavy atom. The van der Waals surface area contributed by atoms with Gasteiger partial charge in [0.15, 0.2) is 0 Å². The molecule has 1 fully saturated rings. The van der Waals surface area contributed by atoms with Gasteiger partial charge in [-0.2, -0.15) is 0 Å². The van der Waals surface area contributed by atoms with Gasteiger partial charge in [-0.3, -0.25) is 9.69 Å². The number of thiocarbonyl (C=S) groups is 1. The van der Waals surface area contributed by atoms with Crippen LogP contribution in [0.4, 0.5) is 5.69 Å². The number of rotatable bonds is 5. The molecule has 118 valence electrons. The molecule has 1 aliphatic heterocycles. The second-order valence-electron chi connectivity index (χ2n) is 4.69. The summed E-state index contributed by atoms with van der Waals surface area (Å²) in [7, 11) is 1.62. The van der Waals surface area contributed by atoms with E-state index in [4.69, 9.17) is 21.4 Å². The molecule has 5 nitrogen and oxygen atoms in total. The molecule has 0 radical (unpaired) electrons.